The molecule has 454 valence electrons. The number of thiazole rings is 1. The van der Waals surface area contributed by atoms with E-state index in [0.717, 1.165) is 68.2 Å². The van der Waals surface area contributed by atoms with Crippen molar-refractivity contribution in [1.82, 2.24) is 4.98 Å². The maximum Gasteiger partial charge on any atom is 0.389 e. The first-order valence-electron chi connectivity index (χ1n) is 28.9. The van der Waals surface area contributed by atoms with Gasteiger partial charge < -0.3 is 37.9 Å². The molecule has 0 bridgehead atoms. The number of benzene rings is 4. The molecule has 2 saturated carbocycles. The maximum atomic E-state index is 14.1. The molecule has 0 amide bonds. The van der Waals surface area contributed by atoms with Gasteiger partial charge in [-0.05, 0) is 188 Å². The summed E-state index contributed by atoms with van der Waals surface area (Å²) in [7, 11) is 0. The lowest BCUT2D eigenvalue weighted by Gasteiger charge is -2.27. The van der Waals surface area contributed by atoms with E-state index in [1.165, 1.54) is 40.8 Å². The van der Waals surface area contributed by atoms with Gasteiger partial charge in [-0.15, -0.1) is 0 Å². The van der Waals surface area contributed by atoms with Gasteiger partial charge >= 0.3 is 42.0 Å². The average Bonchev–Trinajstić information content (AvgIpc) is 4.20. The summed E-state index contributed by atoms with van der Waals surface area (Å²) in [4.78, 5) is 81.1. The van der Waals surface area contributed by atoms with Gasteiger partial charge in [0.15, 0.2) is 0 Å². The van der Waals surface area contributed by atoms with Crippen LogP contribution in [0.2, 0.25) is 0 Å². The second-order valence-electron chi connectivity index (χ2n) is 20.7. The first kappa shape index (κ1) is 64.5. The minimum atomic E-state index is -4.40. The Hall–Kier alpha value is -8.07. The first-order chi connectivity index (χ1) is 41.1. The van der Waals surface area contributed by atoms with E-state index in [9.17, 15) is 41.9 Å². The van der Waals surface area contributed by atoms with Crippen molar-refractivity contribution in [3.8, 4) is 23.0 Å². The molecule has 2 aliphatic carbocycles. The van der Waals surface area contributed by atoms with Gasteiger partial charge in [0, 0.05) is 30.7 Å². The Bertz CT molecular complexity index is 3010. The molecule has 17 nitrogen and oxygen atoms in total. The van der Waals surface area contributed by atoms with Crippen molar-refractivity contribution in [3.63, 3.8) is 0 Å². The number of carbonyl (C=O) groups is 6. The van der Waals surface area contributed by atoms with Crippen molar-refractivity contribution in [2.75, 3.05) is 38.0 Å². The lowest BCUT2D eigenvalue weighted by molar-refractivity contribution is -0.141. The molecule has 0 atom stereocenters. The Labute approximate surface area is 496 Å². The summed E-state index contributed by atoms with van der Waals surface area (Å²) >= 11 is 1.24. The number of para-hydroxylation sites is 1. The topological polar surface area (TPSA) is 205 Å². The summed E-state index contributed by atoms with van der Waals surface area (Å²) < 4.78 is 86.0. The summed E-state index contributed by atoms with van der Waals surface area (Å²) in [5, 5.41) is 6.26. The maximum absolute atomic E-state index is 14.1. The van der Waals surface area contributed by atoms with Crippen LogP contribution in [0.1, 0.15) is 142 Å². The number of unbranched alkanes of at least 4 members (excludes halogenated alkanes) is 6. The van der Waals surface area contributed by atoms with Crippen molar-refractivity contribution in [1.29, 1.82) is 0 Å². The number of carbonyl (C=O) groups excluding carboxylic acids is 6. The third kappa shape index (κ3) is 21.8. The van der Waals surface area contributed by atoms with Crippen LogP contribution in [-0.4, -0.2) is 98.4 Å². The molecule has 0 saturated heterocycles. The van der Waals surface area contributed by atoms with E-state index in [4.69, 9.17) is 37.9 Å². The third-order valence-electron chi connectivity index (χ3n) is 14.3. The number of esters is 6. The molecule has 1 heterocycles. The molecule has 7 rings (SSSR count). The predicted molar refractivity (Wildman–Crippen MR) is 313 cm³/mol. The SMILES string of the molecule is C=CC(=O)OCCCCCCOc1ccc(OC(=O)[C@H]2CC[C@@H](OC(=O)c3ccc(OC(=O)[C@H]4CC[C@@H](OC(=O)c5ccc(OCCCCCCOC(=O)C=C)cc5)CC4)cc3/C=N/N(CCCC(F)(F)F)c3nc4ccccc4s3)CC2)cc1. The summed E-state index contributed by atoms with van der Waals surface area (Å²) in [5.41, 5.74) is 1.21. The van der Waals surface area contributed by atoms with E-state index in [1.54, 1.807) is 60.7 Å². The summed E-state index contributed by atoms with van der Waals surface area (Å²) in [6, 6.07) is 25.1. The van der Waals surface area contributed by atoms with Gasteiger partial charge in [-0.3, -0.25) is 9.59 Å². The Morgan fingerprint density at radius 3 is 1.62 bits per heavy atom. The Balaban J connectivity index is 0.920. The van der Waals surface area contributed by atoms with E-state index >= 15 is 0 Å². The van der Waals surface area contributed by atoms with Gasteiger partial charge in [-0.1, -0.05) is 36.6 Å². The highest BCUT2D eigenvalue weighted by Gasteiger charge is 2.33. The fourth-order valence-corrected chi connectivity index (χ4v) is 10.5. The van der Waals surface area contributed by atoms with Crippen molar-refractivity contribution in [2.24, 2.45) is 16.9 Å². The number of ether oxygens (including phenoxy) is 8. The Morgan fingerprint density at radius 1 is 0.588 bits per heavy atom. The Morgan fingerprint density at radius 2 is 1.08 bits per heavy atom. The second kappa shape index (κ2) is 33.4. The van der Waals surface area contributed by atoms with Crippen LogP contribution < -0.4 is 24.0 Å². The highest BCUT2D eigenvalue weighted by molar-refractivity contribution is 7.22. The van der Waals surface area contributed by atoms with Crippen LogP contribution in [0, 0.1) is 11.8 Å². The number of alkyl halides is 3. The van der Waals surface area contributed by atoms with Crippen LogP contribution in [-0.2, 0) is 38.1 Å². The van der Waals surface area contributed by atoms with Gasteiger partial charge in [0.25, 0.3) is 0 Å². The van der Waals surface area contributed by atoms with Crippen LogP contribution in [0.25, 0.3) is 10.2 Å². The van der Waals surface area contributed by atoms with E-state index < -0.39 is 72.5 Å². The number of halogens is 3. The predicted octanol–water partition coefficient (Wildman–Crippen LogP) is 13.5. The normalized spacial score (nSPS) is 16.8. The molecule has 0 radical (unpaired) electrons. The third-order valence-corrected chi connectivity index (χ3v) is 15.3. The smallest absolute Gasteiger partial charge is 0.389 e. The van der Waals surface area contributed by atoms with Crippen LogP contribution in [0.15, 0.2) is 121 Å². The number of aromatic nitrogens is 1. The number of nitrogens with zero attached hydrogens (tertiary/aromatic N) is 3. The van der Waals surface area contributed by atoms with Crippen LogP contribution in [0.4, 0.5) is 18.3 Å². The average molecular weight is 1200 g/mol. The lowest BCUT2D eigenvalue weighted by atomic mass is 9.87. The summed E-state index contributed by atoms with van der Waals surface area (Å²) in [6.07, 6.45) is 6.69. The lowest BCUT2D eigenvalue weighted by Crippen LogP contribution is -2.30. The highest BCUT2D eigenvalue weighted by atomic mass is 32.1. The van der Waals surface area contributed by atoms with Gasteiger partial charge in [0.2, 0.25) is 5.13 Å². The van der Waals surface area contributed by atoms with Gasteiger partial charge in [0.05, 0.1) is 65.8 Å². The number of hydrazone groups is 1. The molecule has 85 heavy (non-hydrogen) atoms. The fourth-order valence-electron chi connectivity index (χ4n) is 9.55. The van der Waals surface area contributed by atoms with Crippen molar-refractivity contribution in [2.45, 2.75) is 134 Å². The molecule has 2 aliphatic rings. The zero-order valence-corrected chi connectivity index (χ0v) is 48.3. The number of fused-ring (bicyclic) bond motifs is 1. The fraction of sp³-hybridized carbons (Fsp3) is 0.438. The number of hydrogen-bond acceptors (Lipinski definition) is 18. The first-order valence-corrected chi connectivity index (χ1v) is 29.7. The molecular formula is C64H72F3N3O14S. The molecule has 5 aromatic rings. The monoisotopic (exact) mass is 1200 g/mol. The molecule has 21 heteroatoms. The molecule has 4 aromatic carbocycles. The second-order valence-corrected chi connectivity index (χ2v) is 21.7. The number of rotatable bonds is 32. The van der Waals surface area contributed by atoms with Gasteiger partial charge in [-0.25, -0.2) is 29.2 Å². The Kier molecular flexibility index (Phi) is 25.4. The standard InChI is InChI=1S/C64H72F3N3O14S/c1-3-57(71)79-40-13-7-5-11-38-77-48-24-18-44(19-25-48)59(73)81-50-26-20-46(21-27-50)61(75)84-53-34-35-54(47(42-53)43-68-70(37-15-36-64(65,66)67)63-69-55-16-9-10-17-56(55)85-63)62(76)83-51-28-22-45(23-29-51)60(74)82-52-32-30-49(31-33-52)78-39-12-6-8-14-41-80-58(72)4-2/h3-4,9-10,16-19,24-25,30-35,42-43,45-46,50-51H,1-2,5-8,11-15,20-23,26-29,36-41H2/b68-43+/t45-,46-,50+,51+. The van der Waals surface area contributed by atoms with Gasteiger partial charge in [0.1, 0.15) is 35.2 Å². The summed E-state index contributed by atoms with van der Waals surface area (Å²) in [6.45, 7) is 8.29. The molecule has 0 N–H and O–H groups in total. The van der Waals surface area contributed by atoms with Crippen molar-refractivity contribution in [3.05, 3.63) is 133 Å². The molecule has 0 aliphatic heterocycles. The van der Waals surface area contributed by atoms with E-state index in [1.807, 2.05) is 12.1 Å². The minimum absolute atomic E-state index is 0.0549. The minimum Gasteiger partial charge on any atom is -0.494 e. The molecule has 0 spiro atoms. The van der Waals surface area contributed by atoms with Crippen molar-refractivity contribution < 1.29 is 79.8 Å². The molecule has 2 fully saturated rings. The van der Waals surface area contributed by atoms with E-state index in [2.05, 4.69) is 23.2 Å². The quantitative estimate of drug-likeness (QED) is 0.00747. The van der Waals surface area contributed by atoms with Crippen LogP contribution in [0.3, 0.4) is 0 Å². The van der Waals surface area contributed by atoms with Gasteiger partial charge in [-0.2, -0.15) is 18.3 Å². The zero-order valence-electron chi connectivity index (χ0n) is 47.5. The van der Waals surface area contributed by atoms with Crippen molar-refractivity contribution >= 4 is 68.7 Å². The highest BCUT2D eigenvalue weighted by Crippen LogP contribution is 2.34. The van der Waals surface area contributed by atoms with Crippen LogP contribution in [0.5, 0.6) is 23.0 Å². The largest absolute Gasteiger partial charge is 0.494 e. The number of hydrogen-bond donors (Lipinski definition) is 0. The summed E-state index contributed by atoms with van der Waals surface area (Å²) in [5.74, 6) is -2.28. The van der Waals surface area contributed by atoms with E-state index in [-0.39, 0.29) is 29.8 Å². The molecular weight excluding hydrogens is 1120 g/mol. The van der Waals surface area contributed by atoms with E-state index in [0.29, 0.717) is 111 Å². The number of anilines is 1. The van der Waals surface area contributed by atoms with Crippen LogP contribution >= 0.6 is 11.3 Å². The molecule has 0 unspecified atom stereocenters. The molecule has 1 aromatic heterocycles. The zero-order chi connectivity index (χ0) is 60.4.